The third-order valence-corrected chi connectivity index (χ3v) is 5.65. The number of thioether (sulfide) groups is 1. The molecule has 3 rings (SSSR count). The first-order valence-electron chi connectivity index (χ1n) is 8.44. The molecule has 1 amide bonds. The molecule has 7 heteroatoms. The first-order valence-corrected chi connectivity index (χ1v) is 10.3. The van der Waals surface area contributed by atoms with Gasteiger partial charge in [0.2, 0.25) is 0 Å². The normalized spacial score (nSPS) is 11.4. The topological polar surface area (TPSA) is 67.2 Å². The van der Waals surface area contributed by atoms with Gasteiger partial charge in [-0.25, -0.2) is 15.4 Å². The predicted molar refractivity (Wildman–Crippen MR) is 112 cm³/mol. The van der Waals surface area contributed by atoms with Crippen molar-refractivity contribution in [1.29, 1.82) is 0 Å². The second kappa shape index (κ2) is 8.92. The SMILES string of the molecule is CC(=NNC(=O)c1ccc(CSc2nc(C)cc(C)n2)cc1)c1cccs1. The number of amides is 1. The van der Waals surface area contributed by atoms with E-state index in [1.165, 1.54) is 0 Å². The first kappa shape index (κ1) is 19.3. The molecular weight excluding hydrogens is 376 g/mol. The number of hydrogen-bond acceptors (Lipinski definition) is 6. The van der Waals surface area contributed by atoms with E-state index < -0.39 is 0 Å². The van der Waals surface area contributed by atoms with Gasteiger partial charge in [-0.2, -0.15) is 5.10 Å². The second-order valence-corrected chi connectivity index (χ2v) is 7.92. The Balaban J connectivity index is 1.58. The number of rotatable bonds is 6. The molecule has 0 fully saturated rings. The highest BCUT2D eigenvalue weighted by molar-refractivity contribution is 7.98. The molecule has 0 saturated carbocycles. The molecule has 0 spiro atoms. The van der Waals surface area contributed by atoms with Crippen LogP contribution in [0.5, 0.6) is 0 Å². The van der Waals surface area contributed by atoms with Crippen molar-refractivity contribution < 1.29 is 4.79 Å². The zero-order valence-corrected chi connectivity index (χ0v) is 17.0. The highest BCUT2D eigenvalue weighted by Gasteiger charge is 2.07. The van der Waals surface area contributed by atoms with E-state index in [-0.39, 0.29) is 5.91 Å². The molecule has 1 aromatic carbocycles. The lowest BCUT2D eigenvalue weighted by atomic mass is 10.1. The molecule has 0 atom stereocenters. The number of benzene rings is 1. The van der Waals surface area contributed by atoms with Crippen LogP contribution in [0.1, 0.15) is 39.1 Å². The summed E-state index contributed by atoms with van der Waals surface area (Å²) in [4.78, 5) is 22.1. The van der Waals surface area contributed by atoms with Gasteiger partial charge in [-0.15, -0.1) is 11.3 Å². The summed E-state index contributed by atoms with van der Waals surface area (Å²) in [6.45, 7) is 5.81. The lowest BCUT2D eigenvalue weighted by Crippen LogP contribution is -2.19. The maximum absolute atomic E-state index is 12.2. The van der Waals surface area contributed by atoms with Crippen molar-refractivity contribution >= 4 is 34.7 Å². The maximum Gasteiger partial charge on any atom is 0.271 e. The molecule has 0 bridgehead atoms. The van der Waals surface area contributed by atoms with Crippen molar-refractivity contribution in [1.82, 2.24) is 15.4 Å². The number of carbonyl (C=O) groups is 1. The van der Waals surface area contributed by atoms with Crippen LogP contribution in [0.3, 0.4) is 0 Å². The molecule has 2 aromatic heterocycles. The zero-order valence-electron chi connectivity index (χ0n) is 15.4. The van der Waals surface area contributed by atoms with Gasteiger partial charge in [0.15, 0.2) is 5.16 Å². The van der Waals surface area contributed by atoms with Crippen LogP contribution in [-0.4, -0.2) is 21.6 Å². The highest BCUT2D eigenvalue weighted by Crippen LogP contribution is 2.20. The zero-order chi connectivity index (χ0) is 19.2. The largest absolute Gasteiger partial charge is 0.271 e. The van der Waals surface area contributed by atoms with Crippen LogP contribution in [0.4, 0.5) is 0 Å². The van der Waals surface area contributed by atoms with Crippen molar-refractivity contribution in [2.75, 3.05) is 0 Å². The smallest absolute Gasteiger partial charge is 0.267 e. The Kier molecular flexibility index (Phi) is 6.36. The van der Waals surface area contributed by atoms with Crippen molar-refractivity contribution in [2.24, 2.45) is 5.10 Å². The number of hydrogen-bond donors (Lipinski definition) is 1. The van der Waals surface area contributed by atoms with Crippen molar-refractivity contribution in [3.8, 4) is 0 Å². The van der Waals surface area contributed by atoms with E-state index in [1.54, 1.807) is 23.1 Å². The minimum absolute atomic E-state index is 0.220. The Morgan fingerprint density at radius 2 is 1.85 bits per heavy atom. The summed E-state index contributed by atoms with van der Waals surface area (Å²) >= 11 is 3.18. The first-order chi connectivity index (χ1) is 13.0. The average Bonchev–Trinajstić information content (AvgIpc) is 3.19. The quantitative estimate of drug-likeness (QED) is 0.286. The lowest BCUT2D eigenvalue weighted by molar-refractivity contribution is 0.0955. The van der Waals surface area contributed by atoms with Gasteiger partial charge < -0.3 is 0 Å². The Morgan fingerprint density at radius 3 is 2.48 bits per heavy atom. The van der Waals surface area contributed by atoms with Gasteiger partial charge in [0, 0.05) is 27.6 Å². The van der Waals surface area contributed by atoms with E-state index in [4.69, 9.17) is 0 Å². The van der Waals surface area contributed by atoms with Gasteiger partial charge in [-0.1, -0.05) is 30.0 Å². The summed E-state index contributed by atoms with van der Waals surface area (Å²) in [5.74, 6) is 0.531. The Labute approximate surface area is 167 Å². The fourth-order valence-corrected chi connectivity index (χ4v) is 3.98. The molecule has 0 unspecified atom stereocenters. The fraction of sp³-hybridized carbons (Fsp3) is 0.200. The molecule has 0 aliphatic heterocycles. The van der Waals surface area contributed by atoms with E-state index in [1.807, 2.05) is 68.6 Å². The molecular formula is C20H20N4OS2. The molecule has 5 nitrogen and oxygen atoms in total. The van der Waals surface area contributed by atoms with Crippen molar-refractivity contribution in [3.63, 3.8) is 0 Å². The number of nitrogens with zero attached hydrogens (tertiary/aromatic N) is 3. The Bertz CT molecular complexity index is 930. The number of hydrazone groups is 1. The maximum atomic E-state index is 12.2. The number of carbonyl (C=O) groups excluding carboxylic acids is 1. The number of aromatic nitrogens is 2. The third-order valence-electron chi connectivity index (χ3n) is 3.75. The van der Waals surface area contributed by atoms with Crippen LogP contribution >= 0.6 is 23.1 Å². The molecule has 138 valence electrons. The molecule has 3 aromatic rings. The Morgan fingerprint density at radius 1 is 1.15 bits per heavy atom. The molecule has 1 N–H and O–H groups in total. The van der Waals surface area contributed by atoms with Gasteiger partial charge in [-0.3, -0.25) is 4.79 Å². The molecule has 0 aliphatic carbocycles. The van der Waals surface area contributed by atoms with Crippen LogP contribution in [-0.2, 0) is 5.75 Å². The van der Waals surface area contributed by atoms with E-state index in [0.717, 1.165) is 38.4 Å². The van der Waals surface area contributed by atoms with E-state index in [9.17, 15) is 4.79 Å². The number of thiophene rings is 1. The number of nitrogens with one attached hydrogen (secondary N) is 1. The molecule has 2 heterocycles. The van der Waals surface area contributed by atoms with Crippen molar-refractivity contribution in [2.45, 2.75) is 31.7 Å². The lowest BCUT2D eigenvalue weighted by Gasteiger charge is -2.05. The summed E-state index contributed by atoms with van der Waals surface area (Å²) in [6, 6.07) is 13.4. The van der Waals surface area contributed by atoms with E-state index in [0.29, 0.717) is 5.56 Å². The van der Waals surface area contributed by atoms with Gasteiger partial charge in [-0.05, 0) is 56.0 Å². The summed E-state index contributed by atoms with van der Waals surface area (Å²) in [7, 11) is 0. The molecule has 0 radical (unpaired) electrons. The van der Waals surface area contributed by atoms with Crippen LogP contribution in [0.15, 0.2) is 58.1 Å². The molecule has 0 saturated heterocycles. The fourth-order valence-electron chi connectivity index (χ4n) is 2.40. The average molecular weight is 397 g/mol. The monoisotopic (exact) mass is 396 g/mol. The summed E-state index contributed by atoms with van der Waals surface area (Å²) in [5.41, 5.74) is 7.02. The summed E-state index contributed by atoms with van der Waals surface area (Å²) < 4.78 is 0. The van der Waals surface area contributed by atoms with Crippen LogP contribution in [0.2, 0.25) is 0 Å². The Hall–Kier alpha value is -2.51. The van der Waals surface area contributed by atoms with Crippen LogP contribution in [0, 0.1) is 13.8 Å². The predicted octanol–water partition coefficient (Wildman–Crippen LogP) is 4.60. The summed E-state index contributed by atoms with van der Waals surface area (Å²) in [5, 5.41) is 6.92. The van der Waals surface area contributed by atoms with E-state index >= 15 is 0 Å². The molecule has 27 heavy (non-hydrogen) atoms. The minimum atomic E-state index is -0.220. The molecule has 0 aliphatic rings. The van der Waals surface area contributed by atoms with Gasteiger partial charge in [0.05, 0.1) is 5.71 Å². The van der Waals surface area contributed by atoms with Crippen LogP contribution < -0.4 is 5.43 Å². The van der Waals surface area contributed by atoms with Gasteiger partial charge >= 0.3 is 0 Å². The van der Waals surface area contributed by atoms with Crippen molar-refractivity contribution in [3.05, 3.63) is 75.2 Å². The van der Waals surface area contributed by atoms with E-state index in [2.05, 4.69) is 20.5 Å². The standard InChI is InChI=1S/C20H20N4OS2/c1-13-11-14(2)22-20(21-13)27-12-16-6-8-17(9-7-16)19(25)24-23-15(3)18-5-4-10-26-18/h4-11H,12H2,1-3H3,(H,24,25). The van der Waals surface area contributed by atoms with Crippen LogP contribution in [0.25, 0.3) is 0 Å². The summed E-state index contributed by atoms with van der Waals surface area (Å²) in [6.07, 6.45) is 0. The minimum Gasteiger partial charge on any atom is -0.267 e. The number of aryl methyl sites for hydroxylation is 2. The highest BCUT2D eigenvalue weighted by atomic mass is 32.2. The van der Waals surface area contributed by atoms with Gasteiger partial charge in [0.1, 0.15) is 0 Å². The third kappa shape index (κ3) is 5.48. The van der Waals surface area contributed by atoms with Gasteiger partial charge in [0.25, 0.3) is 5.91 Å². The second-order valence-electron chi connectivity index (χ2n) is 6.03.